The number of rotatable bonds is 4. The number of nitro groups is 1. The van der Waals surface area contributed by atoms with Crippen molar-refractivity contribution in [3.63, 3.8) is 0 Å². The molecule has 2 atom stereocenters. The first-order chi connectivity index (χ1) is 13.2. The summed E-state index contributed by atoms with van der Waals surface area (Å²) >= 11 is 0. The zero-order valence-electron chi connectivity index (χ0n) is 15.9. The normalized spacial score (nSPS) is 24.9. The standard InChI is InChI=1S/C17H24N4O6S/c1-13-11-20(12-14(2)27-13)28(25,26)19-9-7-18(8-10-19)17(22)15-3-5-16(6-4-15)21(23)24/h3-6,13-14H,7-12H2,1-2H3/t13-,14-/m1/s1. The van der Waals surface area contributed by atoms with Gasteiger partial charge in [0.15, 0.2) is 0 Å². The Hall–Kier alpha value is -2.08. The molecule has 3 rings (SSSR count). The number of carbonyl (C=O) groups is 1. The van der Waals surface area contributed by atoms with E-state index in [1.807, 2.05) is 13.8 Å². The van der Waals surface area contributed by atoms with Gasteiger partial charge in [0.05, 0.1) is 17.1 Å². The van der Waals surface area contributed by atoms with Gasteiger partial charge < -0.3 is 9.64 Å². The van der Waals surface area contributed by atoms with E-state index < -0.39 is 15.1 Å². The van der Waals surface area contributed by atoms with Crippen molar-refractivity contribution in [1.29, 1.82) is 0 Å². The number of hydrogen-bond acceptors (Lipinski definition) is 6. The smallest absolute Gasteiger partial charge is 0.282 e. The minimum absolute atomic E-state index is 0.0820. The van der Waals surface area contributed by atoms with Crippen LogP contribution in [-0.2, 0) is 14.9 Å². The van der Waals surface area contributed by atoms with E-state index in [4.69, 9.17) is 4.74 Å². The molecule has 28 heavy (non-hydrogen) atoms. The molecule has 11 heteroatoms. The maximum absolute atomic E-state index is 12.9. The Balaban J connectivity index is 1.62. The molecule has 2 fully saturated rings. The number of nitro benzene ring substituents is 1. The number of piperazine rings is 1. The maximum Gasteiger partial charge on any atom is 0.282 e. The summed E-state index contributed by atoms with van der Waals surface area (Å²) in [7, 11) is -3.61. The fraction of sp³-hybridized carbons (Fsp3) is 0.588. The Bertz CT molecular complexity index is 826. The summed E-state index contributed by atoms with van der Waals surface area (Å²) in [5, 5.41) is 10.7. The van der Waals surface area contributed by atoms with Gasteiger partial charge in [-0.3, -0.25) is 14.9 Å². The van der Waals surface area contributed by atoms with Crippen LogP contribution >= 0.6 is 0 Å². The lowest BCUT2D eigenvalue weighted by atomic mass is 10.1. The predicted octanol–water partition coefficient (Wildman–Crippen LogP) is 0.707. The van der Waals surface area contributed by atoms with Crippen LogP contribution in [0.5, 0.6) is 0 Å². The van der Waals surface area contributed by atoms with E-state index in [-0.39, 0.29) is 50.0 Å². The average Bonchev–Trinajstić information content (AvgIpc) is 2.67. The van der Waals surface area contributed by atoms with Gasteiger partial charge in [0.2, 0.25) is 0 Å². The van der Waals surface area contributed by atoms with E-state index in [0.717, 1.165) is 0 Å². The van der Waals surface area contributed by atoms with Crippen molar-refractivity contribution in [2.75, 3.05) is 39.3 Å². The highest BCUT2D eigenvalue weighted by Gasteiger charge is 2.37. The Morgan fingerprint density at radius 3 is 2.07 bits per heavy atom. The van der Waals surface area contributed by atoms with Crippen LogP contribution in [-0.4, -0.2) is 84.2 Å². The molecule has 0 saturated carbocycles. The molecule has 0 spiro atoms. The first kappa shape index (κ1) is 20.6. The molecular weight excluding hydrogens is 388 g/mol. The SMILES string of the molecule is C[C@@H]1CN(S(=O)(=O)N2CCN(C(=O)c3ccc([N+](=O)[O-])cc3)CC2)C[C@@H](C)O1. The Morgan fingerprint density at radius 1 is 1.04 bits per heavy atom. The van der Waals surface area contributed by atoms with Crippen LogP contribution in [0.4, 0.5) is 5.69 Å². The summed E-state index contributed by atoms with van der Waals surface area (Å²) in [6.45, 7) is 5.28. The maximum atomic E-state index is 12.9. The fourth-order valence-corrected chi connectivity index (χ4v) is 5.26. The van der Waals surface area contributed by atoms with Gasteiger partial charge in [0, 0.05) is 57.0 Å². The molecule has 0 bridgehead atoms. The third-order valence-electron chi connectivity index (χ3n) is 4.89. The van der Waals surface area contributed by atoms with Crippen molar-refractivity contribution in [2.45, 2.75) is 26.1 Å². The second kappa shape index (κ2) is 8.11. The highest BCUT2D eigenvalue weighted by molar-refractivity contribution is 7.86. The van der Waals surface area contributed by atoms with E-state index in [2.05, 4.69) is 0 Å². The summed E-state index contributed by atoms with van der Waals surface area (Å²) in [6.07, 6.45) is -0.327. The lowest BCUT2D eigenvalue weighted by molar-refractivity contribution is -0.384. The molecule has 2 heterocycles. The number of hydrogen-bond donors (Lipinski definition) is 0. The molecule has 2 aliphatic heterocycles. The fourth-order valence-electron chi connectivity index (χ4n) is 3.51. The average molecular weight is 412 g/mol. The number of ether oxygens (including phenoxy) is 1. The Kier molecular flexibility index (Phi) is 5.98. The first-order valence-corrected chi connectivity index (χ1v) is 10.5. The highest BCUT2D eigenvalue weighted by Crippen LogP contribution is 2.20. The summed E-state index contributed by atoms with van der Waals surface area (Å²) in [4.78, 5) is 24.4. The molecule has 0 unspecified atom stereocenters. The molecule has 10 nitrogen and oxygen atoms in total. The third-order valence-corrected chi connectivity index (χ3v) is 6.86. The van der Waals surface area contributed by atoms with E-state index in [9.17, 15) is 23.3 Å². The van der Waals surface area contributed by atoms with Crippen LogP contribution in [0.3, 0.4) is 0 Å². The number of morpholine rings is 1. The number of nitrogens with zero attached hydrogens (tertiary/aromatic N) is 4. The minimum Gasteiger partial charge on any atom is -0.373 e. The summed E-state index contributed by atoms with van der Waals surface area (Å²) in [6, 6.07) is 5.41. The monoisotopic (exact) mass is 412 g/mol. The first-order valence-electron chi connectivity index (χ1n) is 9.13. The minimum atomic E-state index is -3.61. The largest absolute Gasteiger partial charge is 0.373 e. The number of non-ortho nitro benzene ring substituents is 1. The van der Waals surface area contributed by atoms with Crippen molar-refractivity contribution >= 4 is 21.8 Å². The molecule has 154 valence electrons. The zero-order valence-corrected chi connectivity index (χ0v) is 16.7. The van der Waals surface area contributed by atoms with Gasteiger partial charge in [-0.25, -0.2) is 0 Å². The van der Waals surface area contributed by atoms with E-state index in [1.54, 1.807) is 4.90 Å². The molecule has 0 aliphatic carbocycles. The highest BCUT2D eigenvalue weighted by atomic mass is 32.2. The predicted molar refractivity (Wildman–Crippen MR) is 101 cm³/mol. The van der Waals surface area contributed by atoms with Gasteiger partial charge in [-0.15, -0.1) is 0 Å². The number of amides is 1. The molecule has 1 amide bonds. The van der Waals surface area contributed by atoms with Gasteiger partial charge in [-0.1, -0.05) is 0 Å². The van der Waals surface area contributed by atoms with Crippen LogP contribution < -0.4 is 0 Å². The Labute approximate surface area is 164 Å². The second-order valence-electron chi connectivity index (χ2n) is 7.08. The summed E-state index contributed by atoms with van der Waals surface area (Å²) in [5.41, 5.74) is 0.263. The van der Waals surface area contributed by atoms with Crippen molar-refractivity contribution in [2.24, 2.45) is 0 Å². The Morgan fingerprint density at radius 2 is 1.57 bits per heavy atom. The lowest BCUT2D eigenvalue weighted by Gasteiger charge is -2.40. The number of benzene rings is 1. The topological polar surface area (TPSA) is 113 Å². The van der Waals surface area contributed by atoms with Gasteiger partial charge in [-0.2, -0.15) is 17.0 Å². The zero-order chi connectivity index (χ0) is 20.5. The third kappa shape index (κ3) is 4.32. The number of carbonyl (C=O) groups excluding carboxylic acids is 1. The van der Waals surface area contributed by atoms with Gasteiger partial charge >= 0.3 is 0 Å². The summed E-state index contributed by atoms with van der Waals surface area (Å²) < 4.78 is 34.3. The van der Waals surface area contributed by atoms with Crippen LogP contribution in [0.1, 0.15) is 24.2 Å². The van der Waals surface area contributed by atoms with Gasteiger partial charge in [0.1, 0.15) is 0 Å². The molecule has 2 aliphatic rings. The van der Waals surface area contributed by atoms with Crippen molar-refractivity contribution in [3.05, 3.63) is 39.9 Å². The van der Waals surface area contributed by atoms with E-state index in [0.29, 0.717) is 18.7 Å². The summed E-state index contributed by atoms with van der Waals surface area (Å²) in [5.74, 6) is -0.263. The van der Waals surface area contributed by atoms with Crippen LogP contribution in [0.25, 0.3) is 0 Å². The lowest BCUT2D eigenvalue weighted by Crippen LogP contribution is -2.57. The molecule has 2 saturated heterocycles. The van der Waals surface area contributed by atoms with Crippen LogP contribution in [0.15, 0.2) is 24.3 Å². The molecular formula is C17H24N4O6S. The van der Waals surface area contributed by atoms with E-state index in [1.165, 1.54) is 32.9 Å². The van der Waals surface area contributed by atoms with Gasteiger partial charge in [0.25, 0.3) is 21.8 Å². The molecule has 0 aromatic heterocycles. The molecule has 1 aromatic rings. The van der Waals surface area contributed by atoms with Crippen LogP contribution in [0, 0.1) is 10.1 Å². The molecule has 1 aromatic carbocycles. The van der Waals surface area contributed by atoms with Crippen LogP contribution in [0.2, 0.25) is 0 Å². The van der Waals surface area contributed by atoms with Crippen molar-refractivity contribution < 1.29 is 22.9 Å². The molecule has 0 N–H and O–H groups in total. The van der Waals surface area contributed by atoms with Crippen molar-refractivity contribution in [1.82, 2.24) is 13.5 Å². The second-order valence-corrected chi connectivity index (χ2v) is 9.01. The molecule has 0 radical (unpaired) electrons. The quantitative estimate of drug-likeness (QED) is 0.532. The van der Waals surface area contributed by atoms with E-state index >= 15 is 0 Å². The van der Waals surface area contributed by atoms with Crippen molar-refractivity contribution in [3.8, 4) is 0 Å². The van der Waals surface area contributed by atoms with Gasteiger partial charge in [-0.05, 0) is 26.0 Å².